The van der Waals surface area contributed by atoms with E-state index in [-0.39, 0.29) is 5.97 Å². The number of esters is 1. The Morgan fingerprint density at radius 3 is 2.20 bits per heavy atom. The normalized spacial score (nSPS) is 8.80. The molecule has 0 unspecified atom stereocenters. The smallest absolute Gasteiger partial charge is 0.310 e. The molecule has 2 nitrogen and oxygen atoms in total. The van der Waals surface area contributed by atoms with Gasteiger partial charge >= 0.3 is 5.97 Å². The Morgan fingerprint density at radius 2 is 1.90 bits per heavy atom. The van der Waals surface area contributed by atoms with Crippen LogP contribution in [-0.4, -0.2) is 5.97 Å². The van der Waals surface area contributed by atoms with E-state index in [2.05, 4.69) is 11.8 Å². The summed E-state index contributed by atoms with van der Waals surface area (Å²) in [5.41, 5.74) is 2.21. The third-order valence-electron chi connectivity index (χ3n) is 1.42. The highest BCUT2D eigenvalue weighted by Gasteiger charge is 2.01. The number of carbonyl (C=O) groups is 1. The largest absolute Gasteiger partial charge is 0.462 e. The summed E-state index contributed by atoms with van der Waals surface area (Å²) in [6, 6.07) is 0. The van der Waals surface area contributed by atoms with E-state index >= 15 is 0 Å². The summed E-state index contributed by atoms with van der Waals surface area (Å²) >= 11 is 0. The first kappa shape index (κ1) is 9.21. The van der Waals surface area contributed by atoms with Gasteiger partial charge in [0.1, 0.15) is 7.11 Å². The number of carbonyl (C=O) groups excluding carboxylic acids is 1. The lowest BCUT2D eigenvalue weighted by Crippen LogP contribution is -1.99. The Bertz CT molecular complexity index is 153. The fraction of sp³-hybridized carbons (Fsp3) is 0.500. The summed E-state index contributed by atoms with van der Waals surface area (Å²) in [7, 11) is 3.03. The highest BCUT2D eigenvalue weighted by atomic mass is 16.5. The molecule has 0 saturated heterocycles. The summed E-state index contributed by atoms with van der Waals surface area (Å²) in [5, 5.41) is 0. The first-order valence-electron chi connectivity index (χ1n) is 3.15. The van der Waals surface area contributed by atoms with Crippen molar-refractivity contribution in [1.29, 1.82) is 0 Å². The molecule has 0 heterocycles. The fourth-order valence-corrected chi connectivity index (χ4v) is 0.444. The second-order valence-corrected chi connectivity index (χ2v) is 2.47. The molecule has 10 heavy (non-hydrogen) atoms. The zero-order chi connectivity index (χ0) is 8.15. The van der Waals surface area contributed by atoms with Crippen molar-refractivity contribution in [2.75, 3.05) is 0 Å². The van der Waals surface area contributed by atoms with Crippen LogP contribution in [0.2, 0.25) is 0 Å². The van der Waals surface area contributed by atoms with Crippen LogP contribution in [0.1, 0.15) is 27.2 Å². The van der Waals surface area contributed by atoms with Crippen LogP contribution < -0.4 is 0 Å². The lowest BCUT2D eigenvalue weighted by Gasteiger charge is -2.00. The van der Waals surface area contributed by atoms with Crippen molar-refractivity contribution in [2.45, 2.75) is 27.2 Å². The topological polar surface area (TPSA) is 26.3 Å². The molecule has 0 aromatic carbocycles. The Kier molecular flexibility index (Phi) is 3.77. The van der Waals surface area contributed by atoms with Crippen LogP contribution >= 0.6 is 0 Å². The quantitative estimate of drug-likeness (QED) is 0.434. The van der Waals surface area contributed by atoms with E-state index in [0.717, 1.165) is 11.1 Å². The summed E-state index contributed by atoms with van der Waals surface area (Å²) in [6.45, 7) is 5.84. The van der Waals surface area contributed by atoms with Gasteiger partial charge in [0, 0.05) is 0 Å². The third kappa shape index (κ3) is 3.28. The minimum atomic E-state index is -0.279. The molecule has 0 rings (SSSR count). The van der Waals surface area contributed by atoms with Gasteiger partial charge in [-0.3, -0.25) is 4.79 Å². The Labute approximate surface area is 61.9 Å². The molecule has 0 aromatic rings. The minimum absolute atomic E-state index is 0.279. The van der Waals surface area contributed by atoms with E-state index in [0.29, 0.717) is 6.42 Å². The molecule has 0 fully saturated rings. The third-order valence-corrected chi connectivity index (χ3v) is 1.42. The Balaban J connectivity index is 3.92. The SMILES string of the molecule is [CH2]OC(=O)CC(C)=C(C)C. The molecule has 0 spiro atoms. The maximum absolute atomic E-state index is 10.6. The second kappa shape index (κ2) is 4.09. The average molecular weight is 141 g/mol. The molecule has 0 aliphatic carbocycles. The number of ether oxygens (including phenoxy) is 1. The maximum atomic E-state index is 10.6. The summed E-state index contributed by atoms with van der Waals surface area (Å²) in [5.74, 6) is -0.279. The first-order valence-corrected chi connectivity index (χ1v) is 3.15. The van der Waals surface area contributed by atoms with E-state index in [1.807, 2.05) is 20.8 Å². The first-order chi connectivity index (χ1) is 4.57. The van der Waals surface area contributed by atoms with Crippen molar-refractivity contribution in [3.63, 3.8) is 0 Å². The van der Waals surface area contributed by atoms with Gasteiger partial charge in [-0.15, -0.1) is 0 Å². The molecule has 0 aliphatic rings. The predicted octanol–water partition coefficient (Wildman–Crippen LogP) is 2.07. The lowest BCUT2D eigenvalue weighted by atomic mass is 10.1. The Hall–Kier alpha value is -0.790. The number of hydrogen-bond acceptors (Lipinski definition) is 2. The molecule has 0 aromatic heterocycles. The molecule has 2 heteroatoms. The van der Waals surface area contributed by atoms with Gasteiger partial charge in [0.2, 0.25) is 0 Å². The van der Waals surface area contributed by atoms with E-state index < -0.39 is 0 Å². The summed E-state index contributed by atoms with van der Waals surface area (Å²) < 4.78 is 4.25. The van der Waals surface area contributed by atoms with Crippen molar-refractivity contribution < 1.29 is 9.53 Å². The van der Waals surface area contributed by atoms with E-state index in [1.165, 1.54) is 0 Å². The highest BCUT2D eigenvalue weighted by Crippen LogP contribution is 2.06. The van der Waals surface area contributed by atoms with Crippen LogP contribution in [0.4, 0.5) is 0 Å². The summed E-state index contributed by atoms with van der Waals surface area (Å²) in [4.78, 5) is 10.6. The average Bonchev–Trinajstić information content (AvgIpc) is 1.87. The zero-order valence-electron chi connectivity index (χ0n) is 6.73. The molecule has 0 aliphatic heterocycles. The molecule has 0 atom stereocenters. The van der Waals surface area contributed by atoms with Crippen LogP contribution in [0.3, 0.4) is 0 Å². The standard InChI is InChI=1S/C8H13O2/c1-6(2)7(3)5-8(9)10-4/h4-5H2,1-3H3. The van der Waals surface area contributed by atoms with Crippen molar-refractivity contribution in [3.8, 4) is 0 Å². The van der Waals surface area contributed by atoms with Crippen LogP contribution in [0.5, 0.6) is 0 Å². The van der Waals surface area contributed by atoms with Gasteiger partial charge in [0.25, 0.3) is 0 Å². The lowest BCUT2D eigenvalue weighted by molar-refractivity contribution is -0.137. The van der Waals surface area contributed by atoms with E-state index in [9.17, 15) is 4.79 Å². The molecular formula is C8H13O2. The van der Waals surface area contributed by atoms with Crippen LogP contribution in [0.25, 0.3) is 0 Å². The van der Waals surface area contributed by atoms with Crippen molar-refractivity contribution in [3.05, 3.63) is 18.3 Å². The maximum Gasteiger partial charge on any atom is 0.310 e. The molecule has 57 valence electrons. The van der Waals surface area contributed by atoms with Gasteiger partial charge in [-0.05, 0) is 20.8 Å². The van der Waals surface area contributed by atoms with Crippen LogP contribution in [-0.2, 0) is 9.53 Å². The molecule has 0 saturated carbocycles. The number of allylic oxidation sites excluding steroid dienone is 1. The number of hydrogen-bond donors (Lipinski definition) is 0. The fourth-order valence-electron chi connectivity index (χ4n) is 0.444. The van der Waals surface area contributed by atoms with E-state index in [4.69, 9.17) is 0 Å². The Morgan fingerprint density at radius 1 is 1.40 bits per heavy atom. The van der Waals surface area contributed by atoms with Gasteiger partial charge in [-0.1, -0.05) is 11.1 Å². The van der Waals surface area contributed by atoms with Gasteiger partial charge < -0.3 is 4.74 Å². The molecule has 0 bridgehead atoms. The molecular weight excluding hydrogens is 128 g/mol. The monoisotopic (exact) mass is 141 g/mol. The zero-order valence-corrected chi connectivity index (χ0v) is 6.73. The van der Waals surface area contributed by atoms with Gasteiger partial charge in [0.05, 0.1) is 6.42 Å². The van der Waals surface area contributed by atoms with E-state index in [1.54, 1.807) is 0 Å². The van der Waals surface area contributed by atoms with Gasteiger partial charge in [-0.2, -0.15) is 0 Å². The van der Waals surface area contributed by atoms with Crippen molar-refractivity contribution in [1.82, 2.24) is 0 Å². The van der Waals surface area contributed by atoms with Crippen LogP contribution in [0, 0.1) is 7.11 Å². The molecule has 0 amide bonds. The second-order valence-electron chi connectivity index (χ2n) is 2.47. The predicted molar refractivity (Wildman–Crippen MR) is 40.1 cm³/mol. The minimum Gasteiger partial charge on any atom is -0.462 e. The van der Waals surface area contributed by atoms with Gasteiger partial charge in [-0.25, -0.2) is 0 Å². The van der Waals surface area contributed by atoms with Crippen molar-refractivity contribution >= 4 is 5.97 Å². The van der Waals surface area contributed by atoms with Crippen LogP contribution in [0.15, 0.2) is 11.1 Å². The van der Waals surface area contributed by atoms with Crippen molar-refractivity contribution in [2.24, 2.45) is 0 Å². The van der Waals surface area contributed by atoms with Gasteiger partial charge in [0.15, 0.2) is 0 Å². The number of rotatable bonds is 2. The molecule has 0 N–H and O–H groups in total. The highest BCUT2D eigenvalue weighted by molar-refractivity contribution is 5.72. The summed E-state index contributed by atoms with van der Waals surface area (Å²) in [6.07, 6.45) is 0.353. The molecule has 1 radical (unpaired) electrons.